The molecule has 0 saturated carbocycles. The van der Waals surface area contributed by atoms with Crippen LogP contribution in [-0.4, -0.2) is 26.7 Å². The van der Waals surface area contributed by atoms with Gasteiger partial charge in [-0.1, -0.05) is 0 Å². The molecule has 102 valence electrons. The van der Waals surface area contributed by atoms with Crippen LogP contribution < -0.4 is 4.72 Å². The topological polar surface area (TPSA) is 66.4 Å². The number of aliphatic hydroxyl groups is 1. The average molecular weight is 283 g/mol. The maximum absolute atomic E-state index is 12.3. The van der Waals surface area contributed by atoms with Gasteiger partial charge in [-0.2, -0.15) is 13.2 Å². The highest BCUT2D eigenvalue weighted by molar-refractivity contribution is 7.89. The Hall–Kier alpha value is -1.12. The number of sulfonamides is 1. The van der Waals surface area contributed by atoms with E-state index in [2.05, 4.69) is 4.72 Å². The first-order valence-electron chi connectivity index (χ1n) is 5.05. The van der Waals surface area contributed by atoms with Gasteiger partial charge < -0.3 is 5.11 Å². The van der Waals surface area contributed by atoms with Crippen molar-refractivity contribution in [3.05, 3.63) is 29.8 Å². The smallest absolute Gasteiger partial charge is 0.396 e. The summed E-state index contributed by atoms with van der Waals surface area (Å²) >= 11 is 0. The first-order valence-corrected chi connectivity index (χ1v) is 6.53. The Bertz CT molecular complexity index is 482. The molecule has 1 aromatic rings. The van der Waals surface area contributed by atoms with E-state index >= 15 is 0 Å². The molecule has 0 unspecified atom stereocenters. The van der Waals surface area contributed by atoms with E-state index in [1.807, 2.05) is 0 Å². The summed E-state index contributed by atoms with van der Waals surface area (Å²) < 4.78 is 62.2. The molecule has 2 N–H and O–H groups in total. The van der Waals surface area contributed by atoms with E-state index in [0.29, 0.717) is 12.1 Å². The van der Waals surface area contributed by atoms with E-state index < -0.39 is 21.8 Å². The van der Waals surface area contributed by atoms with Gasteiger partial charge in [0, 0.05) is 13.2 Å². The molecule has 0 amide bonds. The molecular formula is C10H12F3NO3S. The van der Waals surface area contributed by atoms with Crippen LogP contribution in [0.4, 0.5) is 13.2 Å². The summed E-state index contributed by atoms with van der Waals surface area (Å²) in [7, 11) is -3.82. The summed E-state index contributed by atoms with van der Waals surface area (Å²) in [6.07, 6.45) is -4.26. The minimum atomic E-state index is -4.49. The zero-order chi connectivity index (χ0) is 13.8. The Kier molecular flexibility index (Phi) is 4.71. The van der Waals surface area contributed by atoms with E-state index in [-0.39, 0.29) is 24.5 Å². The molecule has 0 radical (unpaired) electrons. The van der Waals surface area contributed by atoms with Crippen LogP contribution in [-0.2, 0) is 16.2 Å². The van der Waals surface area contributed by atoms with Crippen molar-refractivity contribution in [2.24, 2.45) is 0 Å². The zero-order valence-corrected chi connectivity index (χ0v) is 10.1. The van der Waals surface area contributed by atoms with Gasteiger partial charge in [0.25, 0.3) is 0 Å². The SMILES string of the molecule is O=S(=O)(NCCCO)c1ccc(C(F)(F)F)cc1. The van der Waals surface area contributed by atoms with Crippen LogP contribution in [0.2, 0.25) is 0 Å². The first-order chi connectivity index (χ1) is 8.27. The molecular weight excluding hydrogens is 271 g/mol. The van der Waals surface area contributed by atoms with Gasteiger partial charge in [-0.3, -0.25) is 0 Å². The summed E-state index contributed by atoms with van der Waals surface area (Å²) in [6.45, 7) is -0.143. The van der Waals surface area contributed by atoms with E-state index in [0.717, 1.165) is 12.1 Å². The van der Waals surface area contributed by atoms with Crippen molar-refractivity contribution >= 4 is 10.0 Å². The largest absolute Gasteiger partial charge is 0.416 e. The Morgan fingerprint density at radius 2 is 1.72 bits per heavy atom. The number of rotatable bonds is 5. The molecule has 0 aliphatic rings. The minimum Gasteiger partial charge on any atom is -0.396 e. The molecule has 0 heterocycles. The van der Waals surface area contributed by atoms with Gasteiger partial charge in [0.2, 0.25) is 10.0 Å². The van der Waals surface area contributed by atoms with Gasteiger partial charge in [0.1, 0.15) is 0 Å². The van der Waals surface area contributed by atoms with Crippen molar-refractivity contribution in [1.82, 2.24) is 4.72 Å². The van der Waals surface area contributed by atoms with Gasteiger partial charge in [0.05, 0.1) is 10.5 Å². The quantitative estimate of drug-likeness (QED) is 0.802. The normalized spacial score (nSPS) is 12.7. The van der Waals surface area contributed by atoms with Crippen LogP contribution in [0.15, 0.2) is 29.2 Å². The second-order valence-electron chi connectivity index (χ2n) is 3.50. The van der Waals surface area contributed by atoms with Crippen LogP contribution in [0, 0.1) is 0 Å². The number of benzene rings is 1. The average Bonchev–Trinajstić information content (AvgIpc) is 2.28. The van der Waals surface area contributed by atoms with E-state index in [1.165, 1.54) is 0 Å². The Morgan fingerprint density at radius 1 is 1.17 bits per heavy atom. The fourth-order valence-electron chi connectivity index (χ4n) is 1.19. The molecule has 0 aliphatic carbocycles. The summed E-state index contributed by atoms with van der Waals surface area (Å²) in [6, 6.07) is 3.20. The number of hydrogen-bond acceptors (Lipinski definition) is 3. The molecule has 18 heavy (non-hydrogen) atoms. The lowest BCUT2D eigenvalue weighted by Crippen LogP contribution is -2.25. The predicted octanol–water partition coefficient (Wildman–Crippen LogP) is 1.37. The van der Waals surface area contributed by atoms with E-state index in [4.69, 9.17) is 5.11 Å². The van der Waals surface area contributed by atoms with Gasteiger partial charge in [-0.25, -0.2) is 13.1 Å². The van der Waals surface area contributed by atoms with Crippen LogP contribution in [0.1, 0.15) is 12.0 Å². The molecule has 0 saturated heterocycles. The second kappa shape index (κ2) is 5.68. The standard InChI is InChI=1S/C10H12F3NO3S/c11-10(12,13)8-2-4-9(5-3-8)18(16,17)14-6-1-7-15/h2-5,14-15H,1,6-7H2. The molecule has 4 nitrogen and oxygen atoms in total. The fraction of sp³-hybridized carbons (Fsp3) is 0.400. The van der Waals surface area contributed by atoms with Gasteiger partial charge in [-0.15, -0.1) is 0 Å². The predicted molar refractivity (Wildman–Crippen MR) is 58.3 cm³/mol. The Labute approximate surface area is 102 Å². The Balaban J connectivity index is 2.85. The number of nitrogens with one attached hydrogen (secondary N) is 1. The summed E-state index contributed by atoms with van der Waals surface area (Å²) in [4.78, 5) is -0.242. The molecule has 0 aliphatic heterocycles. The third-order valence-electron chi connectivity index (χ3n) is 2.12. The van der Waals surface area contributed by atoms with Crippen LogP contribution >= 0.6 is 0 Å². The number of alkyl halides is 3. The lowest BCUT2D eigenvalue weighted by atomic mass is 10.2. The molecule has 0 fully saturated rings. The minimum absolute atomic E-state index is 0.0276. The molecule has 0 bridgehead atoms. The summed E-state index contributed by atoms with van der Waals surface area (Å²) in [5.41, 5.74) is -0.906. The van der Waals surface area contributed by atoms with E-state index in [1.54, 1.807) is 0 Å². The lowest BCUT2D eigenvalue weighted by molar-refractivity contribution is -0.137. The molecule has 0 atom stereocenters. The van der Waals surface area contributed by atoms with Crippen LogP contribution in [0.3, 0.4) is 0 Å². The van der Waals surface area contributed by atoms with Crippen molar-refractivity contribution in [3.8, 4) is 0 Å². The van der Waals surface area contributed by atoms with Gasteiger partial charge in [0.15, 0.2) is 0 Å². The monoisotopic (exact) mass is 283 g/mol. The molecule has 8 heteroatoms. The molecule has 0 spiro atoms. The van der Waals surface area contributed by atoms with Gasteiger partial charge in [-0.05, 0) is 30.7 Å². The third kappa shape index (κ3) is 3.97. The first kappa shape index (κ1) is 14.9. The molecule has 1 rings (SSSR count). The molecule has 1 aromatic carbocycles. The highest BCUT2D eigenvalue weighted by atomic mass is 32.2. The number of hydrogen-bond donors (Lipinski definition) is 2. The van der Waals surface area contributed by atoms with Crippen molar-refractivity contribution in [2.45, 2.75) is 17.5 Å². The maximum atomic E-state index is 12.3. The van der Waals surface area contributed by atoms with Crippen LogP contribution in [0.25, 0.3) is 0 Å². The summed E-state index contributed by atoms with van der Waals surface area (Å²) in [5, 5.41) is 8.50. The number of halogens is 3. The molecule has 0 aromatic heterocycles. The second-order valence-corrected chi connectivity index (χ2v) is 5.26. The van der Waals surface area contributed by atoms with Crippen molar-refractivity contribution in [3.63, 3.8) is 0 Å². The van der Waals surface area contributed by atoms with E-state index in [9.17, 15) is 21.6 Å². The van der Waals surface area contributed by atoms with Crippen molar-refractivity contribution in [1.29, 1.82) is 0 Å². The highest BCUT2D eigenvalue weighted by Crippen LogP contribution is 2.29. The van der Waals surface area contributed by atoms with Crippen molar-refractivity contribution < 1.29 is 26.7 Å². The van der Waals surface area contributed by atoms with Crippen LogP contribution in [0.5, 0.6) is 0 Å². The number of aliphatic hydroxyl groups excluding tert-OH is 1. The van der Waals surface area contributed by atoms with Gasteiger partial charge >= 0.3 is 6.18 Å². The van der Waals surface area contributed by atoms with Crippen molar-refractivity contribution in [2.75, 3.05) is 13.2 Å². The summed E-state index contributed by atoms with van der Waals surface area (Å²) in [5.74, 6) is 0. The Morgan fingerprint density at radius 3 is 2.17 bits per heavy atom. The maximum Gasteiger partial charge on any atom is 0.416 e. The zero-order valence-electron chi connectivity index (χ0n) is 9.24. The fourth-order valence-corrected chi connectivity index (χ4v) is 2.27. The third-order valence-corrected chi connectivity index (χ3v) is 3.60. The highest BCUT2D eigenvalue weighted by Gasteiger charge is 2.30. The lowest BCUT2D eigenvalue weighted by Gasteiger charge is -2.09.